The third-order valence-corrected chi connectivity index (χ3v) is 4.73. The fourth-order valence-corrected chi connectivity index (χ4v) is 3.43. The fraction of sp³-hybridized carbons (Fsp3) is 0.625. The Morgan fingerprint density at radius 3 is 2.46 bits per heavy atom. The van der Waals surface area contributed by atoms with Gasteiger partial charge >= 0.3 is 18.2 Å². The Kier molecular flexibility index (Phi) is 6.21. The topological polar surface area (TPSA) is 101 Å². The van der Waals surface area contributed by atoms with Gasteiger partial charge in [-0.25, -0.2) is 9.78 Å². The minimum atomic E-state index is -4.96. The van der Waals surface area contributed by atoms with Gasteiger partial charge in [0.25, 0.3) is 5.91 Å². The van der Waals surface area contributed by atoms with Crippen LogP contribution in [0.15, 0.2) is 0 Å². The molecular weight excluding hydrogens is 401 g/mol. The van der Waals surface area contributed by atoms with Crippen molar-refractivity contribution in [3.8, 4) is 0 Å². The van der Waals surface area contributed by atoms with Gasteiger partial charge in [0.05, 0.1) is 5.69 Å². The van der Waals surface area contributed by atoms with E-state index in [-0.39, 0.29) is 29.5 Å². The summed E-state index contributed by atoms with van der Waals surface area (Å²) in [4.78, 5) is 41.2. The van der Waals surface area contributed by atoms with E-state index in [0.717, 1.165) is 11.3 Å². The van der Waals surface area contributed by atoms with Crippen LogP contribution in [0.1, 0.15) is 42.6 Å². The predicted molar refractivity (Wildman–Crippen MR) is 95.2 cm³/mol. The molecule has 8 nitrogen and oxygen atoms in total. The first-order chi connectivity index (χ1) is 12.8. The van der Waals surface area contributed by atoms with Crippen molar-refractivity contribution in [1.82, 2.24) is 15.2 Å². The Morgan fingerprint density at radius 1 is 1.25 bits per heavy atom. The lowest BCUT2D eigenvalue weighted by Crippen LogP contribution is -2.44. The van der Waals surface area contributed by atoms with Gasteiger partial charge < -0.3 is 15.0 Å². The van der Waals surface area contributed by atoms with Crippen molar-refractivity contribution in [2.45, 2.75) is 51.9 Å². The van der Waals surface area contributed by atoms with Crippen LogP contribution in [0.4, 0.5) is 23.1 Å². The lowest BCUT2D eigenvalue weighted by atomic mass is 10.2. The molecule has 1 aliphatic heterocycles. The average Bonchev–Trinajstić information content (AvgIpc) is 3.10. The molecule has 1 aliphatic rings. The summed E-state index contributed by atoms with van der Waals surface area (Å²) >= 11 is 0.947. The van der Waals surface area contributed by atoms with Gasteiger partial charge in [0, 0.05) is 19.1 Å². The number of carbonyl (C=O) groups excluding carboxylic acids is 3. The summed E-state index contributed by atoms with van der Waals surface area (Å²) in [5.74, 6) is -2.44. The molecule has 0 bridgehead atoms. The van der Waals surface area contributed by atoms with E-state index in [1.54, 1.807) is 27.7 Å². The number of rotatable bonds is 3. The van der Waals surface area contributed by atoms with E-state index in [4.69, 9.17) is 4.74 Å². The molecule has 1 fully saturated rings. The number of aryl methyl sites for hydroxylation is 1. The Bertz CT molecular complexity index is 773. The maximum atomic E-state index is 12.6. The van der Waals surface area contributed by atoms with E-state index < -0.39 is 35.7 Å². The largest absolute Gasteiger partial charge is 0.471 e. The number of nitrogens with zero attached hydrogens (tertiary/aromatic N) is 2. The molecular formula is C16H21F3N4O4S. The first-order valence-electron chi connectivity index (χ1n) is 8.40. The highest BCUT2D eigenvalue weighted by atomic mass is 32.1. The van der Waals surface area contributed by atoms with Crippen molar-refractivity contribution in [3.05, 3.63) is 10.6 Å². The Morgan fingerprint density at radius 2 is 1.89 bits per heavy atom. The van der Waals surface area contributed by atoms with Gasteiger partial charge in [0.2, 0.25) is 0 Å². The molecule has 2 heterocycles. The number of likely N-dealkylation sites (tertiary alicyclic amines) is 1. The molecule has 0 aliphatic carbocycles. The van der Waals surface area contributed by atoms with E-state index in [0.29, 0.717) is 5.69 Å². The number of thiazole rings is 1. The van der Waals surface area contributed by atoms with E-state index in [2.05, 4.69) is 10.3 Å². The number of ether oxygens (including phenoxy) is 1. The van der Waals surface area contributed by atoms with Crippen LogP contribution in [0.25, 0.3) is 0 Å². The zero-order valence-electron chi connectivity index (χ0n) is 15.8. The van der Waals surface area contributed by atoms with Crippen LogP contribution in [0.3, 0.4) is 0 Å². The van der Waals surface area contributed by atoms with E-state index in [9.17, 15) is 27.6 Å². The van der Waals surface area contributed by atoms with Gasteiger partial charge in [-0.05, 0) is 34.1 Å². The molecule has 0 aromatic carbocycles. The predicted octanol–water partition coefficient (Wildman–Crippen LogP) is 2.69. The highest BCUT2D eigenvalue weighted by molar-refractivity contribution is 7.17. The summed E-state index contributed by atoms with van der Waals surface area (Å²) in [7, 11) is 0. The van der Waals surface area contributed by atoms with Gasteiger partial charge in [0.1, 0.15) is 10.5 Å². The summed E-state index contributed by atoms with van der Waals surface area (Å²) < 4.78 is 42.1. The number of alkyl halides is 3. The second kappa shape index (κ2) is 7.94. The number of hydrogen-bond acceptors (Lipinski definition) is 6. The van der Waals surface area contributed by atoms with Crippen molar-refractivity contribution in [3.63, 3.8) is 0 Å². The van der Waals surface area contributed by atoms with Crippen LogP contribution in [0.2, 0.25) is 0 Å². The third-order valence-electron chi connectivity index (χ3n) is 3.67. The van der Waals surface area contributed by atoms with Gasteiger partial charge in [-0.15, -0.1) is 0 Å². The van der Waals surface area contributed by atoms with Crippen molar-refractivity contribution in [2.24, 2.45) is 0 Å². The zero-order valence-corrected chi connectivity index (χ0v) is 16.6. The molecule has 156 valence electrons. The number of halogens is 3. The van der Waals surface area contributed by atoms with Gasteiger partial charge in [-0.1, -0.05) is 11.3 Å². The molecule has 1 unspecified atom stereocenters. The van der Waals surface area contributed by atoms with E-state index in [1.807, 2.05) is 5.32 Å². The first-order valence-corrected chi connectivity index (χ1v) is 9.22. The molecule has 2 rings (SSSR count). The molecule has 1 aromatic heterocycles. The highest BCUT2D eigenvalue weighted by Crippen LogP contribution is 2.26. The van der Waals surface area contributed by atoms with Crippen molar-refractivity contribution in [2.75, 3.05) is 18.4 Å². The Hall–Kier alpha value is -2.37. The standard InChI is InChI=1S/C16H21F3N4O4S/c1-8-10(28-13(20-8)22-14(26)27-15(2,3)4)11(24)23-6-5-9(7-23)21-12(25)16(17,18)19/h9H,5-7H2,1-4H3,(H,21,25)(H,20,22,26). The number of hydrogen-bond donors (Lipinski definition) is 2. The summed E-state index contributed by atoms with van der Waals surface area (Å²) in [6.07, 6.45) is -5.46. The average molecular weight is 422 g/mol. The minimum absolute atomic E-state index is 0.0349. The van der Waals surface area contributed by atoms with Crippen molar-refractivity contribution < 1.29 is 32.3 Å². The van der Waals surface area contributed by atoms with E-state index >= 15 is 0 Å². The van der Waals surface area contributed by atoms with Crippen molar-refractivity contribution in [1.29, 1.82) is 0 Å². The number of amides is 3. The smallest absolute Gasteiger partial charge is 0.444 e. The minimum Gasteiger partial charge on any atom is -0.444 e. The molecule has 3 amide bonds. The summed E-state index contributed by atoms with van der Waals surface area (Å²) in [6.45, 7) is 6.87. The second-order valence-corrected chi connectivity index (χ2v) is 8.27. The van der Waals surface area contributed by atoms with Gasteiger partial charge in [-0.2, -0.15) is 13.2 Å². The normalized spacial score (nSPS) is 17.4. The van der Waals surface area contributed by atoms with Gasteiger partial charge in [0.15, 0.2) is 5.13 Å². The van der Waals surface area contributed by atoms with Crippen LogP contribution in [-0.2, 0) is 9.53 Å². The number of aromatic nitrogens is 1. The molecule has 1 aromatic rings. The number of carbonyl (C=O) groups is 3. The third kappa shape index (κ3) is 5.81. The lowest BCUT2D eigenvalue weighted by Gasteiger charge is -2.18. The summed E-state index contributed by atoms with van der Waals surface area (Å²) in [5.41, 5.74) is -0.315. The first kappa shape index (κ1) is 21.9. The molecule has 28 heavy (non-hydrogen) atoms. The molecule has 1 saturated heterocycles. The SMILES string of the molecule is Cc1nc(NC(=O)OC(C)(C)C)sc1C(=O)N1CCC(NC(=O)C(F)(F)F)C1. The summed E-state index contributed by atoms with van der Waals surface area (Å²) in [6, 6.07) is -0.773. The zero-order chi connectivity index (χ0) is 21.3. The van der Waals surface area contributed by atoms with Crippen LogP contribution in [-0.4, -0.2) is 58.7 Å². The maximum absolute atomic E-state index is 12.6. The van der Waals surface area contributed by atoms with E-state index in [1.165, 1.54) is 4.90 Å². The van der Waals surface area contributed by atoms with Crippen LogP contribution < -0.4 is 10.6 Å². The molecule has 12 heteroatoms. The quantitative estimate of drug-likeness (QED) is 0.780. The molecule has 1 atom stereocenters. The van der Waals surface area contributed by atoms with Crippen molar-refractivity contribution >= 4 is 34.4 Å². The van der Waals surface area contributed by atoms with Gasteiger partial charge in [-0.3, -0.25) is 14.9 Å². The Labute approximate surface area is 163 Å². The monoisotopic (exact) mass is 422 g/mol. The lowest BCUT2D eigenvalue weighted by molar-refractivity contribution is -0.174. The summed E-state index contributed by atoms with van der Waals surface area (Å²) in [5, 5.41) is 4.51. The maximum Gasteiger partial charge on any atom is 0.471 e. The number of anilines is 1. The molecule has 0 radical (unpaired) electrons. The fourth-order valence-electron chi connectivity index (χ4n) is 2.51. The Balaban J connectivity index is 1.99. The van der Waals surface area contributed by atoms with Crippen LogP contribution in [0.5, 0.6) is 0 Å². The van der Waals surface area contributed by atoms with Crippen LogP contribution in [0, 0.1) is 6.92 Å². The second-order valence-electron chi connectivity index (χ2n) is 7.27. The highest BCUT2D eigenvalue weighted by Gasteiger charge is 2.41. The van der Waals surface area contributed by atoms with Crippen LogP contribution >= 0.6 is 11.3 Å². The molecule has 0 spiro atoms. The number of nitrogens with one attached hydrogen (secondary N) is 2. The molecule has 2 N–H and O–H groups in total. The molecule has 0 saturated carbocycles.